The monoisotopic (exact) mass is 414 g/mol. The molecule has 2 fully saturated rings. The van der Waals surface area contributed by atoms with Gasteiger partial charge in [0.2, 0.25) is 5.91 Å². The fraction of sp³-hybridized carbons (Fsp3) is 0.391. The summed E-state index contributed by atoms with van der Waals surface area (Å²) in [6, 6.07) is 19.6. The molecule has 0 bridgehead atoms. The molecule has 0 N–H and O–H groups in total. The number of nitrogens with zero attached hydrogens (tertiary/aromatic N) is 2. The second-order valence-electron chi connectivity index (χ2n) is 7.43. The average molecular weight is 415 g/mol. The highest BCUT2D eigenvalue weighted by Gasteiger charge is 2.38. The van der Waals surface area contributed by atoms with Crippen molar-refractivity contribution in [2.24, 2.45) is 11.8 Å². The van der Waals surface area contributed by atoms with Crippen LogP contribution in [-0.2, 0) is 4.79 Å². The zero-order valence-electron chi connectivity index (χ0n) is 15.7. The van der Waals surface area contributed by atoms with Crippen molar-refractivity contribution in [1.29, 1.82) is 5.26 Å². The van der Waals surface area contributed by atoms with Crippen LogP contribution in [0.15, 0.2) is 54.6 Å². The Morgan fingerprint density at radius 1 is 0.929 bits per heavy atom. The lowest BCUT2D eigenvalue weighted by molar-refractivity contribution is -0.142. The maximum Gasteiger partial charge on any atom is 0.227 e. The number of benzene rings is 2. The summed E-state index contributed by atoms with van der Waals surface area (Å²) in [5, 5.41) is 10.4. The van der Waals surface area contributed by atoms with Crippen LogP contribution in [0.3, 0.4) is 0 Å². The van der Waals surface area contributed by atoms with E-state index in [0.29, 0.717) is 12.3 Å². The summed E-state index contributed by atoms with van der Waals surface area (Å²) in [5.41, 5.74) is 1.16. The summed E-state index contributed by atoms with van der Waals surface area (Å²) < 4.78 is 0. The van der Waals surface area contributed by atoms with E-state index < -0.39 is 0 Å². The maximum absolute atomic E-state index is 12.7. The van der Waals surface area contributed by atoms with Crippen molar-refractivity contribution in [2.75, 3.05) is 6.54 Å². The number of rotatable bonds is 4. The minimum atomic E-state index is -0.114. The molecule has 4 rings (SSSR count). The van der Waals surface area contributed by atoms with E-state index >= 15 is 0 Å². The van der Waals surface area contributed by atoms with Gasteiger partial charge >= 0.3 is 0 Å². The number of carbonyl (C=O) groups excluding carboxylic acids is 1. The van der Waals surface area contributed by atoms with E-state index in [1.165, 1.54) is 12.8 Å². The lowest BCUT2D eigenvalue weighted by atomic mass is 9.86. The highest BCUT2D eigenvalue weighted by atomic mass is 35.5. The topological polar surface area (TPSA) is 44.1 Å². The molecule has 2 aliphatic rings. The number of halogens is 2. The Labute approximate surface area is 176 Å². The predicted molar refractivity (Wildman–Crippen MR) is 113 cm³/mol. The van der Waals surface area contributed by atoms with Gasteiger partial charge in [0.05, 0.1) is 18.0 Å². The number of carbonyl (C=O) groups is 1. The molecule has 1 heterocycles. The SMILES string of the molecule is Clc1ccccc1.N#CCC1CC[C@@H](c2ccc(Cl)cc2)N(CC2CC2)C1=O. The van der Waals surface area contributed by atoms with Crippen molar-refractivity contribution < 1.29 is 4.79 Å². The molecule has 146 valence electrons. The van der Waals surface area contributed by atoms with Crippen LogP contribution in [0.2, 0.25) is 10.0 Å². The number of amides is 1. The minimum Gasteiger partial charge on any atom is -0.335 e. The van der Waals surface area contributed by atoms with Gasteiger partial charge in [0.25, 0.3) is 0 Å². The highest BCUT2D eigenvalue weighted by Crippen LogP contribution is 2.39. The molecule has 3 nitrogen and oxygen atoms in total. The zero-order valence-corrected chi connectivity index (χ0v) is 17.2. The molecule has 1 unspecified atom stereocenters. The molecule has 1 aliphatic heterocycles. The minimum absolute atomic E-state index is 0.114. The first kappa shape index (κ1) is 20.7. The molecular weight excluding hydrogens is 391 g/mol. The van der Waals surface area contributed by atoms with Crippen molar-refractivity contribution >= 4 is 29.1 Å². The van der Waals surface area contributed by atoms with E-state index in [1.807, 2.05) is 59.5 Å². The molecule has 1 saturated carbocycles. The molecule has 0 radical (unpaired) electrons. The van der Waals surface area contributed by atoms with E-state index in [9.17, 15) is 4.79 Å². The van der Waals surface area contributed by atoms with Gasteiger partial charge in [-0.2, -0.15) is 5.26 Å². The van der Waals surface area contributed by atoms with Crippen LogP contribution in [0.5, 0.6) is 0 Å². The van der Waals surface area contributed by atoms with Gasteiger partial charge in [-0.1, -0.05) is 53.5 Å². The first-order valence-electron chi connectivity index (χ1n) is 9.72. The Hall–Kier alpha value is -2.02. The van der Waals surface area contributed by atoms with Crippen molar-refractivity contribution in [2.45, 2.75) is 38.1 Å². The Morgan fingerprint density at radius 3 is 2.11 bits per heavy atom. The molecule has 2 aromatic carbocycles. The van der Waals surface area contributed by atoms with Crippen molar-refractivity contribution in [3.8, 4) is 6.07 Å². The van der Waals surface area contributed by atoms with Gasteiger partial charge in [0.15, 0.2) is 0 Å². The van der Waals surface area contributed by atoms with Crippen LogP contribution < -0.4 is 0 Å². The summed E-state index contributed by atoms with van der Waals surface area (Å²) in [6.07, 6.45) is 4.53. The van der Waals surface area contributed by atoms with Crippen molar-refractivity contribution in [1.82, 2.24) is 4.90 Å². The molecule has 5 heteroatoms. The maximum atomic E-state index is 12.7. The van der Waals surface area contributed by atoms with Gasteiger partial charge in [-0.05, 0) is 61.4 Å². The van der Waals surface area contributed by atoms with E-state index in [2.05, 4.69) is 6.07 Å². The average Bonchev–Trinajstić information content (AvgIpc) is 3.51. The molecule has 2 aromatic rings. The number of piperidine rings is 1. The second-order valence-corrected chi connectivity index (χ2v) is 8.31. The van der Waals surface area contributed by atoms with Crippen molar-refractivity contribution in [3.05, 3.63) is 70.2 Å². The molecule has 28 heavy (non-hydrogen) atoms. The molecule has 0 aromatic heterocycles. The summed E-state index contributed by atoms with van der Waals surface area (Å²) in [7, 11) is 0. The smallest absolute Gasteiger partial charge is 0.227 e. The normalized spacial score (nSPS) is 21.5. The largest absolute Gasteiger partial charge is 0.335 e. The Morgan fingerprint density at radius 2 is 1.57 bits per heavy atom. The van der Waals surface area contributed by atoms with E-state index in [-0.39, 0.29) is 17.9 Å². The Balaban J connectivity index is 0.000000271. The second kappa shape index (κ2) is 9.96. The first-order valence-corrected chi connectivity index (χ1v) is 10.5. The van der Waals surface area contributed by atoms with E-state index in [1.54, 1.807) is 0 Å². The summed E-state index contributed by atoms with van der Waals surface area (Å²) in [4.78, 5) is 14.7. The number of nitriles is 1. The van der Waals surface area contributed by atoms with Gasteiger partial charge in [0.1, 0.15) is 0 Å². The summed E-state index contributed by atoms with van der Waals surface area (Å²) in [5.74, 6) is 0.705. The Kier molecular flexibility index (Phi) is 7.36. The van der Waals surface area contributed by atoms with Crippen LogP contribution in [0.25, 0.3) is 0 Å². The van der Waals surface area contributed by atoms with Crippen LogP contribution in [-0.4, -0.2) is 17.4 Å². The first-order chi connectivity index (χ1) is 13.6. The van der Waals surface area contributed by atoms with Crippen LogP contribution in [0, 0.1) is 23.2 Å². The lowest BCUT2D eigenvalue weighted by Crippen LogP contribution is -2.44. The lowest BCUT2D eigenvalue weighted by Gasteiger charge is -2.39. The van der Waals surface area contributed by atoms with Crippen LogP contribution >= 0.6 is 23.2 Å². The summed E-state index contributed by atoms with van der Waals surface area (Å²) in [6.45, 7) is 0.841. The molecule has 0 spiro atoms. The third kappa shape index (κ3) is 5.74. The fourth-order valence-corrected chi connectivity index (χ4v) is 3.84. The number of hydrogen-bond donors (Lipinski definition) is 0. The van der Waals surface area contributed by atoms with Crippen molar-refractivity contribution in [3.63, 3.8) is 0 Å². The molecule has 2 atom stereocenters. The predicted octanol–water partition coefficient (Wildman–Crippen LogP) is 6.28. The zero-order chi connectivity index (χ0) is 19.9. The van der Waals surface area contributed by atoms with E-state index in [0.717, 1.165) is 35.0 Å². The number of likely N-dealkylation sites (tertiary alicyclic amines) is 1. The molecular formula is C23H24Cl2N2O. The van der Waals surface area contributed by atoms with Gasteiger partial charge in [-0.3, -0.25) is 4.79 Å². The molecule has 1 amide bonds. The molecule has 1 aliphatic carbocycles. The van der Waals surface area contributed by atoms with Gasteiger partial charge in [0, 0.05) is 23.0 Å². The van der Waals surface area contributed by atoms with Gasteiger partial charge in [-0.15, -0.1) is 0 Å². The third-order valence-electron chi connectivity index (χ3n) is 5.27. The van der Waals surface area contributed by atoms with Gasteiger partial charge in [-0.25, -0.2) is 0 Å². The summed E-state index contributed by atoms with van der Waals surface area (Å²) >= 11 is 11.5. The highest BCUT2D eigenvalue weighted by molar-refractivity contribution is 6.30. The standard InChI is InChI=1S/C17H19ClN2O.C6H5Cl/c18-15-6-3-13(4-7-15)16-8-5-14(9-10-19)17(21)20(16)11-12-1-2-12;7-6-4-2-1-3-5-6/h3-4,6-7,12,14,16H,1-2,5,8-9,11H2;1-5H/t14?,16-;/m0./s1. The number of hydrogen-bond acceptors (Lipinski definition) is 2. The molecule has 1 saturated heterocycles. The van der Waals surface area contributed by atoms with Crippen LogP contribution in [0.4, 0.5) is 0 Å². The quantitative estimate of drug-likeness (QED) is 0.590. The van der Waals surface area contributed by atoms with Crippen LogP contribution in [0.1, 0.15) is 43.7 Å². The Bertz CT molecular complexity index is 813. The van der Waals surface area contributed by atoms with Gasteiger partial charge < -0.3 is 4.90 Å². The third-order valence-corrected chi connectivity index (χ3v) is 5.78. The van der Waals surface area contributed by atoms with E-state index in [4.69, 9.17) is 28.5 Å². The fourth-order valence-electron chi connectivity index (χ4n) is 3.57.